The lowest BCUT2D eigenvalue weighted by molar-refractivity contribution is -0.134. The Hall–Kier alpha value is -1.78. The summed E-state index contributed by atoms with van der Waals surface area (Å²) in [4.78, 5) is 25.8. The Morgan fingerprint density at radius 1 is 1.40 bits per heavy atom. The molecule has 1 N–H and O–H groups in total. The van der Waals surface area contributed by atoms with Gasteiger partial charge >= 0.3 is 0 Å². The molecule has 2 amide bonds. The minimum atomic E-state index is -0.578. The van der Waals surface area contributed by atoms with Crippen molar-refractivity contribution in [3.05, 3.63) is 29.8 Å². The molecule has 15 heavy (non-hydrogen) atoms. The zero-order valence-electron chi connectivity index (χ0n) is 7.87. The number of hydrogen-bond donors (Lipinski definition) is 1. The smallest absolute Gasteiger partial charge is 0.234 e. The van der Waals surface area contributed by atoms with Gasteiger partial charge in [0, 0.05) is 12.6 Å². The fraction of sp³-hybridized carbons (Fsp3) is 0.300. The third kappa shape index (κ3) is 2.01. The molecule has 0 unspecified atom stereocenters. The maximum atomic E-state index is 12.5. The molecule has 4 nitrogen and oxygen atoms in total. The molecule has 1 aliphatic rings. The summed E-state index contributed by atoms with van der Waals surface area (Å²) >= 11 is 0. The van der Waals surface area contributed by atoms with Gasteiger partial charge in [-0.1, -0.05) is 6.07 Å². The molecule has 2 heterocycles. The normalized spacial score (nSPS) is 21.3. The average Bonchev–Trinajstić information content (AvgIpc) is 2.20. The summed E-state index contributed by atoms with van der Waals surface area (Å²) in [6, 6.07) is 2.72. The maximum Gasteiger partial charge on any atom is 0.234 e. The number of carbonyl (C=O) groups is 2. The first kappa shape index (κ1) is 9.76. The second-order valence-electron chi connectivity index (χ2n) is 3.42. The van der Waals surface area contributed by atoms with Crippen LogP contribution in [0.25, 0.3) is 0 Å². The van der Waals surface area contributed by atoms with Crippen LogP contribution in [0.4, 0.5) is 4.39 Å². The summed E-state index contributed by atoms with van der Waals surface area (Å²) < 4.78 is 12.5. The van der Waals surface area contributed by atoms with Gasteiger partial charge in [-0.2, -0.15) is 4.39 Å². The first-order valence-electron chi connectivity index (χ1n) is 4.62. The Balaban J connectivity index is 2.20. The van der Waals surface area contributed by atoms with Crippen LogP contribution >= 0.6 is 0 Å². The summed E-state index contributed by atoms with van der Waals surface area (Å²) in [6.45, 7) is 0. The van der Waals surface area contributed by atoms with Crippen LogP contribution in [0.1, 0.15) is 24.3 Å². The maximum absolute atomic E-state index is 12.5. The third-order valence-electron chi connectivity index (χ3n) is 2.39. The molecule has 1 atom stereocenters. The van der Waals surface area contributed by atoms with Crippen LogP contribution in [0.15, 0.2) is 18.3 Å². The van der Waals surface area contributed by atoms with Gasteiger partial charge in [0.1, 0.15) is 0 Å². The van der Waals surface area contributed by atoms with Crippen molar-refractivity contribution >= 4 is 11.8 Å². The molecule has 1 aliphatic heterocycles. The highest BCUT2D eigenvalue weighted by atomic mass is 19.1. The standard InChI is InChI=1S/C10H9FN2O2/c11-8-3-1-6(5-12-8)7-2-4-9(14)13-10(7)15/h1,3,5,7H,2,4H2,(H,13,14,15)/t7-/m1/s1. The summed E-state index contributed by atoms with van der Waals surface area (Å²) in [5, 5.41) is 2.24. The van der Waals surface area contributed by atoms with Crippen LogP contribution in [0.3, 0.4) is 0 Å². The molecule has 0 aliphatic carbocycles. The predicted molar refractivity (Wildman–Crippen MR) is 49.3 cm³/mol. The molecule has 5 heteroatoms. The van der Waals surface area contributed by atoms with Gasteiger partial charge in [-0.3, -0.25) is 14.9 Å². The van der Waals surface area contributed by atoms with Crippen LogP contribution in [0, 0.1) is 5.95 Å². The number of hydrogen-bond acceptors (Lipinski definition) is 3. The molecule has 0 spiro atoms. The van der Waals surface area contributed by atoms with Gasteiger partial charge in [-0.05, 0) is 18.1 Å². The molecule has 78 valence electrons. The number of carbonyl (C=O) groups excluding carboxylic acids is 2. The quantitative estimate of drug-likeness (QED) is 0.547. The minimum Gasteiger partial charge on any atom is -0.296 e. The van der Waals surface area contributed by atoms with Crippen molar-refractivity contribution in [1.29, 1.82) is 0 Å². The number of pyridine rings is 1. The fourth-order valence-electron chi connectivity index (χ4n) is 1.60. The molecule has 2 rings (SSSR count). The summed E-state index contributed by atoms with van der Waals surface area (Å²) in [5.74, 6) is -1.56. The lowest BCUT2D eigenvalue weighted by Gasteiger charge is -2.20. The van der Waals surface area contributed by atoms with E-state index in [4.69, 9.17) is 0 Å². The van der Waals surface area contributed by atoms with Crippen molar-refractivity contribution in [3.63, 3.8) is 0 Å². The van der Waals surface area contributed by atoms with Gasteiger partial charge in [-0.15, -0.1) is 0 Å². The number of aromatic nitrogens is 1. The van der Waals surface area contributed by atoms with Crippen LogP contribution in [-0.4, -0.2) is 16.8 Å². The van der Waals surface area contributed by atoms with Crippen LogP contribution in [0.5, 0.6) is 0 Å². The van der Waals surface area contributed by atoms with Gasteiger partial charge in [-0.25, -0.2) is 4.98 Å². The third-order valence-corrected chi connectivity index (χ3v) is 2.39. The first-order chi connectivity index (χ1) is 7.16. The average molecular weight is 208 g/mol. The van der Waals surface area contributed by atoms with E-state index in [1.807, 2.05) is 0 Å². The van der Waals surface area contributed by atoms with Crippen LogP contribution < -0.4 is 5.32 Å². The minimum absolute atomic E-state index is 0.258. The van der Waals surface area contributed by atoms with E-state index in [9.17, 15) is 14.0 Å². The van der Waals surface area contributed by atoms with Crippen molar-refractivity contribution in [3.8, 4) is 0 Å². The highest BCUT2D eigenvalue weighted by molar-refractivity contribution is 6.00. The van der Waals surface area contributed by atoms with Crippen molar-refractivity contribution in [2.75, 3.05) is 0 Å². The van der Waals surface area contributed by atoms with Gasteiger partial charge in [0.05, 0.1) is 5.92 Å². The van der Waals surface area contributed by atoms with E-state index in [1.165, 1.54) is 18.3 Å². The molecular formula is C10H9FN2O2. The second-order valence-corrected chi connectivity index (χ2v) is 3.42. The second kappa shape index (κ2) is 3.76. The lowest BCUT2D eigenvalue weighted by atomic mass is 9.92. The van der Waals surface area contributed by atoms with Crippen molar-refractivity contribution in [2.45, 2.75) is 18.8 Å². The zero-order valence-corrected chi connectivity index (χ0v) is 7.87. The highest BCUT2D eigenvalue weighted by Gasteiger charge is 2.27. The van der Waals surface area contributed by atoms with E-state index >= 15 is 0 Å². The van der Waals surface area contributed by atoms with E-state index in [1.54, 1.807) is 0 Å². The molecule has 1 aromatic heterocycles. The van der Waals surface area contributed by atoms with E-state index in [-0.39, 0.29) is 11.8 Å². The predicted octanol–water partition coefficient (Wildman–Crippen LogP) is 0.741. The molecule has 1 fully saturated rings. The SMILES string of the molecule is O=C1CC[C@H](c2ccc(F)nc2)C(=O)N1. The summed E-state index contributed by atoms with van der Waals surface area (Å²) in [6.07, 6.45) is 2.10. The van der Waals surface area contributed by atoms with E-state index in [0.717, 1.165) is 0 Å². The van der Waals surface area contributed by atoms with Crippen LogP contribution in [0.2, 0.25) is 0 Å². The summed E-state index contributed by atoms with van der Waals surface area (Å²) in [5.41, 5.74) is 0.640. The highest BCUT2D eigenvalue weighted by Crippen LogP contribution is 2.23. The van der Waals surface area contributed by atoms with E-state index in [2.05, 4.69) is 10.3 Å². The van der Waals surface area contributed by atoms with Gasteiger partial charge in [0.2, 0.25) is 17.8 Å². The molecule has 1 saturated heterocycles. The first-order valence-corrected chi connectivity index (χ1v) is 4.62. The van der Waals surface area contributed by atoms with Gasteiger partial charge in [0.15, 0.2) is 0 Å². The topological polar surface area (TPSA) is 59.1 Å². The lowest BCUT2D eigenvalue weighted by Crippen LogP contribution is -2.39. The Morgan fingerprint density at radius 2 is 2.20 bits per heavy atom. The Labute approximate surface area is 85.5 Å². The summed E-state index contributed by atoms with van der Waals surface area (Å²) in [7, 11) is 0. The molecule has 0 saturated carbocycles. The van der Waals surface area contributed by atoms with Crippen molar-refractivity contribution in [2.24, 2.45) is 0 Å². The monoisotopic (exact) mass is 208 g/mol. The molecule has 0 bridgehead atoms. The van der Waals surface area contributed by atoms with Gasteiger partial charge < -0.3 is 0 Å². The number of nitrogens with zero attached hydrogens (tertiary/aromatic N) is 1. The molecule has 1 aromatic rings. The Morgan fingerprint density at radius 3 is 2.80 bits per heavy atom. The number of imide groups is 1. The van der Waals surface area contributed by atoms with E-state index < -0.39 is 11.9 Å². The Bertz CT molecular complexity index is 402. The largest absolute Gasteiger partial charge is 0.296 e. The number of amides is 2. The van der Waals surface area contributed by atoms with Gasteiger partial charge in [0.25, 0.3) is 0 Å². The Kier molecular flexibility index (Phi) is 2.45. The van der Waals surface area contributed by atoms with Crippen molar-refractivity contribution < 1.29 is 14.0 Å². The van der Waals surface area contributed by atoms with Crippen LogP contribution in [-0.2, 0) is 9.59 Å². The molecule has 0 radical (unpaired) electrons. The zero-order chi connectivity index (χ0) is 10.8. The fourth-order valence-corrected chi connectivity index (χ4v) is 1.60. The molecule has 0 aromatic carbocycles. The number of rotatable bonds is 1. The number of halogens is 1. The number of piperidine rings is 1. The molecular weight excluding hydrogens is 199 g/mol. The van der Waals surface area contributed by atoms with E-state index in [0.29, 0.717) is 18.4 Å². The number of nitrogens with one attached hydrogen (secondary N) is 1. The van der Waals surface area contributed by atoms with Crippen molar-refractivity contribution in [1.82, 2.24) is 10.3 Å².